The number of carbonyl (C=O) groups excluding carboxylic acids is 2. The van der Waals surface area contributed by atoms with E-state index in [1.165, 1.54) is 0 Å². The lowest BCUT2D eigenvalue weighted by molar-refractivity contribution is -0.0237. The summed E-state index contributed by atoms with van der Waals surface area (Å²) in [6, 6.07) is 6.58. The summed E-state index contributed by atoms with van der Waals surface area (Å²) < 4.78 is 5.70. The molecule has 0 saturated carbocycles. The van der Waals surface area contributed by atoms with E-state index in [1.807, 2.05) is 0 Å². The van der Waals surface area contributed by atoms with E-state index in [0.29, 0.717) is 36.8 Å². The lowest BCUT2D eigenvalue weighted by atomic mass is 10.2. The summed E-state index contributed by atoms with van der Waals surface area (Å²) >= 11 is 5.78. The Bertz CT molecular complexity index is 566. The quantitative estimate of drug-likeness (QED) is 0.821. The van der Waals surface area contributed by atoms with Crippen LogP contribution in [0.1, 0.15) is 23.2 Å². The van der Waals surface area contributed by atoms with Gasteiger partial charge in [-0.05, 0) is 37.1 Å². The first-order valence-corrected chi connectivity index (χ1v) is 8.21. The molecule has 23 heavy (non-hydrogen) atoms. The van der Waals surface area contributed by atoms with Crippen LogP contribution in [0.5, 0.6) is 0 Å². The van der Waals surface area contributed by atoms with Crippen molar-refractivity contribution in [1.82, 2.24) is 15.5 Å². The van der Waals surface area contributed by atoms with Crippen LogP contribution in [0.3, 0.4) is 0 Å². The Morgan fingerprint density at radius 3 is 2.35 bits per heavy atom. The fourth-order valence-corrected chi connectivity index (χ4v) is 3.07. The molecule has 0 radical (unpaired) electrons. The van der Waals surface area contributed by atoms with Crippen molar-refractivity contribution >= 4 is 23.5 Å². The number of likely N-dealkylation sites (tertiary alicyclic amines) is 1. The summed E-state index contributed by atoms with van der Waals surface area (Å²) in [7, 11) is 0. The normalized spacial score (nSPS) is 22.7. The number of urea groups is 1. The van der Waals surface area contributed by atoms with Crippen molar-refractivity contribution < 1.29 is 14.3 Å². The van der Waals surface area contributed by atoms with Crippen LogP contribution in [0.25, 0.3) is 0 Å². The van der Waals surface area contributed by atoms with E-state index < -0.39 is 0 Å². The zero-order valence-corrected chi connectivity index (χ0v) is 13.5. The Hall–Kier alpha value is -1.79. The van der Waals surface area contributed by atoms with Crippen molar-refractivity contribution in [2.45, 2.75) is 25.0 Å². The van der Waals surface area contributed by atoms with Gasteiger partial charge in [-0.3, -0.25) is 4.79 Å². The van der Waals surface area contributed by atoms with Gasteiger partial charge in [0.15, 0.2) is 0 Å². The molecule has 6 nitrogen and oxygen atoms in total. The van der Waals surface area contributed by atoms with E-state index in [-0.39, 0.29) is 24.1 Å². The fourth-order valence-electron chi connectivity index (χ4n) is 2.94. The second kappa shape index (κ2) is 7.19. The summed E-state index contributed by atoms with van der Waals surface area (Å²) in [5, 5.41) is 6.19. The standard InChI is InChI=1S/C16H20ClN3O3/c17-12-3-1-11(2-4-12)15(21)18-7-8-19-16(22)20-9-13-5-6-14(10-20)23-13/h1-4,13-14H,5-10H2,(H,18,21)(H,19,22). The largest absolute Gasteiger partial charge is 0.371 e. The first-order chi connectivity index (χ1) is 11.1. The summed E-state index contributed by atoms with van der Waals surface area (Å²) in [5.74, 6) is -0.180. The molecule has 0 aromatic heterocycles. The van der Waals surface area contributed by atoms with E-state index >= 15 is 0 Å². The first-order valence-electron chi connectivity index (χ1n) is 7.84. The van der Waals surface area contributed by atoms with Crippen molar-refractivity contribution in [3.05, 3.63) is 34.9 Å². The molecular formula is C16H20ClN3O3. The molecule has 1 aromatic carbocycles. The van der Waals surface area contributed by atoms with Gasteiger partial charge in [-0.1, -0.05) is 11.6 Å². The van der Waals surface area contributed by atoms with Gasteiger partial charge in [0.1, 0.15) is 0 Å². The van der Waals surface area contributed by atoms with E-state index in [4.69, 9.17) is 16.3 Å². The number of ether oxygens (including phenoxy) is 1. The molecule has 2 atom stereocenters. The average molecular weight is 338 g/mol. The number of nitrogens with zero attached hydrogens (tertiary/aromatic N) is 1. The number of hydrogen-bond acceptors (Lipinski definition) is 3. The minimum absolute atomic E-state index is 0.0917. The van der Waals surface area contributed by atoms with Gasteiger partial charge in [0, 0.05) is 36.8 Å². The Morgan fingerprint density at radius 1 is 1.09 bits per heavy atom. The molecule has 2 unspecified atom stereocenters. The molecule has 3 amide bonds. The van der Waals surface area contributed by atoms with Crippen molar-refractivity contribution in [3.8, 4) is 0 Å². The van der Waals surface area contributed by atoms with Crippen LogP contribution in [0, 0.1) is 0 Å². The molecule has 2 aliphatic heterocycles. The average Bonchev–Trinajstić information content (AvgIpc) is 2.89. The van der Waals surface area contributed by atoms with Crippen LogP contribution in [0.15, 0.2) is 24.3 Å². The maximum absolute atomic E-state index is 12.1. The molecule has 0 aliphatic carbocycles. The Balaban J connectivity index is 1.37. The number of benzene rings is 1. The number of morpholine rings is 1. The van der Waals surface area contributed by atoms with Crippen LogP contribution in [0.2, 0.25) is 5.02 Å². The minimum atomic E-state index is -0.180. The van der Waals surface area contributed by atoms with Crippen LogP contribution < -0.4 is 10.6 Å². The predicted molar refractivity (Wildman–Crippen MR) is 86.7 cm³/mol. The fraction of sp³-hybridized carbons (Fsp3) is 0.500. The van der Waals surface area contributed by atoms with Crippen LogP contribution >= 0.6 is 11.6 Å². The number of carbonyl (C=O) groups is 2. The number of hydrogen-bond donors (Lipinski definition) is 2. The molecule has 3 rings (SSSR count). The number of halogens is 1. The van der Waals surface area contributed by atoms with Crippen molar-refractivity contribution in [2.75, 3.05) is 26.2 Å². The smallest absolute Gasteiger partial charge is 0.317 e. The molecule has 2 fully saturated rings. The summed E-state index contributed by atoms with van der Waals surface area (Å²) in [4.78, 5) is 25.8. The van der Waals surface area contributed by atoms with Gasteiger partial charge < -0.3 is 20.3 Å². The number of rotatable bonds is 4. The van der Waals surface area contributed by atoms with Crippen LogP contribution in [0.4, 0.5) is 4.79 Å². The van der Waals surface area contributed by atoms with E-state index in [2.05, 4.69) is 10.6 Å². The SMILES string of the molecule is O=C(NCCNC(=O)N1CC2CCC(C1)O2)c1ccc(Cl)cc1. The van der Waals surface area contributed by atoms with Gasteiger partial charge >= 0.3 is 6.03 Å². The summed E-state index contributed by atoms with van der Waals surface area (Å²) in [6.45, 7) is 2.08. The lowest BCUT2D eigenvalue weighted by Gasteiger charge is -2.32. The van der Waals surface area contributed by atoms with Gasteiger partial charge in [0.2, 0.25) is 0 Å². The third-order valence-corrected chi connectivity index (χ3v) is 4.38. The van der Waals surface area contributed by atoms with Gasteiger partial charge in [0.25, 0.3) is 5.91 Å². The third-order valence-electron chi connectivity index (χ3n) is 4.12. The molecule has 2 heterocycles. The van der Waals surface area contributed by atoms with E-state index in [0.717, 1.165) is 12.8 Å². The van der Waals surface area contributed by atoms with Crippen molar-refractivity contribution in [1.29, 1.82) is 0 Å². The third kappa shape index (κ3) is 4.14. The highest BCUT2D eigenvalue weighted by molar-refractivity contribution is 6.30. The second-order valence-electron chi connectivity index (χ2n) is 5.86. The van der Waals surface area contributed by atoms with Crippen molar-refractivity contribution in [2.24, 2.45) is 0 Å². The molecule has 7 heteroatoms. The molecule has 2 saturated heterocycles. The monoisotopic (exact) mass is 337 g/mol. The second-order valence-corrected chi connectivity index (χ2v) is 6.29. The van der Waals surface area contributed by atoms with Gasteiger partial charge in [-0.15, -0.1) is 0 Å². The van der Waals surface area contributed by atoms with E-state index in [9.17, 15) is 9.59 Å². The van der Waals surface area contributed by atoms with Gasteiger partial charge in [-0.2, -0.15) is 0 Å². The zero-order valence-electron chi connectivity index (χ0n) is 12.8. The molecular weight excluding hydrogens is 318 g/mol. The minimum Gasteiger partial charge on any atom is -0.371 e. The predicted octanol–water partition coefficient (Wildman–Crippen LogP) is 1.64. The van der Waals surface area contributed by atoms with Crippen LogP contribution in [-0.4, -0.2) is 55.2 Å². The molecule has 2 bridgehead atoms. The Morgan fingerprint density at radius 2 is 1.70 bits per heavy atom. The lowest BCUT2D eigenvalue weighted by Crippen LogP contribution is -2.50. The molecule has 2 N–H and O–H groups in total. The summed E-state index contributed by atoms with van der Waals surface area (Å²) in [6.07, 6.45) is 2.44. The highest BCUT2D eigenvalue weighted by atomic mass is 35.5. The zero-order chi connectivity index (χ0) is 16.2. The van der Waals surface area contributed by atoms with Gasteiger partial charge in [-0.25, -0.2) is 4.79 Å². The first kappa shape index (κ1) is 16.1. The topological polar surface area (TPSA) is 70.7 Å². The summed E-state index contributed by atoms with van der Waals surface area (Å²) in [5.41, 5.74) is 0.547. The Labute approximate surface area is 140 Å². The molecule has 0 spiro atoms. The number of nitrogens with one attached hydrogen (secondary N) is 2. The maximum Gasteiger partial charge on any atom is 0.317 e. The Kier molecular flexibility index (Phi) is 5.03. The number of amides is 3. The van der Waals surface area contributed by atoms with E-state index in [1.54, 1.807) is 29.2 Å². The van der Waals surface area contributed by atoms with Crippen LogP contribution in [-0.2, 0) is 4.74 Å². The molecule has 2 aliphatic rings. The van der Waals surface area contributed by atoms with Gasteiger partial charge in [0.05, 0.1) is 12.2 Å². The highest BCUT2D eigenvalue weighted by Gasteiger charge is 2.35. The molecule has 124 valence electrons. The van der Waals surface area contributed by atoms with Crippen molar-refractivity contribution in [3.63, 3.8) is 0 Å². The number of fused-ring (bicyclic) bond motifs is 2. The highest BCUT2D eigenvalue weighted by Crippen LogP contribution is 2.25. The maximum atomic E-state index is 12.1. The molecule has 1 aromatic rings.